The smallest absolute Gasteiger partial charge is 0.251 e. The maximum Gasteiger partial charge on any atom is 0.251 e. The van der Waals surface area contributed by atoms with Crippen molar-refractivity contribution in [3.63, 3.8) is 0 Å². The summed E-state index contributed by atoms with van der Waals surface area (Å²) in [5.74, 6) is 0.612. The first-order valence-electron chi connectivity index (χ1n) is 9.84. The molecule has 1 N–H and O–H groups in total. The fraction of sp³-hybridized carbons (Fsp3) is 0.208. The van der Waals surface area contributed by atoms with Crippen molar-refractivity contribution in [2.75, 3.05) is 12.3 Å². The first-order chi connectivity index (χ1) is 14.5. The number of hydrogen-bond donors (Lipinski definition) is 1. The molecule has 0 saturated carbocycles. The average molecular weight is 424 g/mol. The zero-order chi connectivity index (χ0) is 21.4. The summed E-state index contributed by atoms with van der Waals surface area (Å²) in [6, 6.07) is 23.8. The van der Waals surface area contributed by atoms with Crippen LogP contribution in [0.2, 0.25) is 0 Å². The number of hydrogen-bond acceptors (Lipinski definition) is 4. The lowest BCUT2D eigenvalue weighted by Crippen LogP contribution is -2.25. The second-order valence-electron chi connectivity index (χ2n) is 6.85. The number of amides is 1. The second kappa shape index (κ2) is 10.1. The molecule has 3 rings (SSSR count). The molecule has 0 saturated heterocycles. The molecule has 0 aliphatic rings. The summed E-state index contributed by atoms with van der Waals surface area (Å²) in [6.07, 6.45) is 0.688. The molecule has 5 nitrogen and oxygen atoms in total. The molecular formula is C24H25NO4S. The van der Waals surface area contributed by atoms with Crippen molar-refractivity contribution in [2.24, 2.45) is 0 Å². The molecule has 0 aliphatic heterocycles. The third-order valence-corrected chi connectivity index (χ3v) is 6.48. The molecule has 0 atom stereocenters. The Bertz CT molecular complexity index is 1060. The van der Waals surface area contributed by atoms with Gasteiger partial charge in [-0.25, -0.2) is 8.42 Å². The second-order valence-corrected chi connectivity index (χ2v) is 9.13. The Morgan fingerprint density at radius 2 is 1.53 bits per heavy atom. The summed E-state index contributed by atoms with van der Waals surface area (Å²) in [6.45, 7) is 2.60. The highest BCUT2D eigenvalue weighted by Crippen LogP contribution is 2.15. The molecule has 0 heterocycles. The van der Waals surface area contributed by atoms with Crippen LogP contribution < -0.4 is 10.1 Å². The van der Waals surface area contributed by atoms with Crippen molar-refractivity contribution in [3.05, 3.63) is 95.6 Å². The van der Waals surface area contributed by atoms with E-state index < -0.39 is 9.84 Å². The van der Waals surface area contributed by atoms with Gasteiger partial charge in [0.2, 0.25) is 0 Å². The summed E-state index contributed by atoms with van der Waals surface area (Å²) in [7, 11) is -3.26. The van der Waals surface area contributed by atoms with Crippen LogP contribution in [0.3, 0.4) is 0 Å². The summed E-state index contributed by atoms with van der Waals surface area (Å²) >= 11 is 0. The zero-order valence-corrected chi connectivity index (χ0v) is 17.7. The maximum atomic E-state index is 12.3. The molecule has 3 aromatic carbocycles. The van der Waals surface area contributed by atoms with Gasteiger partial charge >= 0.3 is 0 Å². The average Bonchev–Trinajstić information content (AvgIpc) is 2.79. The molecule has 0 unspecified atom stereocenters. The lowest BCUT2D eigenvalue weighted by Gasteiger charge is -2.09. The van der Waals surface area contributed by atoms with Crippen molar-refractivity contribution >= 4 is 15.7 Å². The van der Waals surface area contributed by atoms with E-state index in [2.05, 4.69) is 5.32 Å². The van der Waals surface area contributed by atoms with Crippen LogP contribution in [-0.4, -0.2) is 26.6 Å². The molecule has 0 aliphatic carbocycles. The summed E-state index contributed by atoms with van der Waals surface area (Å²) < 4.78 is 29.5. The van der Waals surface area contributed by atoms with Crippen LogP contribution in [0.15, 0.2) is 83.8 Å². The third-order valence-electron chi connectivity index (χ3n) is 4.73. The SMILES string of the molecule is CCS(=O)(=O)c1ccc(C(=O)NCCc2ccc(OCc3ccccc3)cc2)cc1. The van der Waals surface area contributed by atoms with Gasteiger partial charge in [0.15, 0.2) is 9.84 Å². The monoisotopic (exact) mass is 423 g/mol. The normalized spacial score (nSPS) is 11.1. The van der Waals surface area contributed by atoms with Crippen molar-refractivity contribution in [3.8, 4) is 5.75 Å². The molecule has 1 amide bonds. The minimum absolute atomic E-state index is 0.0363. The fourth-order valence-electron chi connectivity index (χ4n) is 2.90. The van der Waals surface area contributed by atoms with Gasteiger partial charge in [0.1, 0.15) is 12.4 Å². The number of carbonyl (C=O) groups excluding carboxylic acids is 1. The van der Waals surface area contributed by atoms with Gasteiger partial charge in [-0.1, -0.05) is 49.4 Å². The summed E-state index contributed by atoms with van der Waals surface area (Å²) in [4.78, 5) is 12.5. The fourth-order valence-corrected chi connectivity index (χ4v) is 3.78. The molecule has 0 spiro atoms. The van der Waals surface area contributed by atoms with E-state index in [1.165, 1.54) is 24.3 Å². The van der Waals surface area contributed by atoms with E-state index in [4.69, 9.17) is 4.74 Å². The number of benzene rings is 3. The minimum Gasteiger partial charge on any atom is -0.489 e. The number of rotatable bonds is 9. The van der Waals surface area contributed by atoms with E-state index in [9.17, 15) is 13.2 Å². The predicted molar refractivity (Wildman–Crippen MR) is 117 cm³/mol. The van der Waals surface area contributed by atoms with E-state index >= 15 is 0 Å². The minimum atomic E-state index is -3.26. The molecule has 30 heavy (non-hydrogen) atoms. The van der Waals surface area contributed by atoms with Crippen LogP contribution in [-0.2, 0) is 22.9 Å². The standard InChI is InChI=1S/C24H25NO4S/c1-2-30(27,28)23-14-10-21(11-15-23)24(26)25-17-16-19-8-12-22(13-9-19)29-18-20-6-4-3-5-7-20/h3-15H,2,16-18H2,1H3,(H,25,26). The molecule has 3 aromatic rings. The molecule has 0 bridgehead atoms. The van der Waals surface area contributed by atoms with Gasteiger partial charge in [0, 0.05) is 12.1 Å². The Morgan fingerprint density at radius 1 is 0.867 bits per heavy atom. The first-order valence-corrected chi connectivity index (χ1v) is 11.5. The lowest BCUT2D eigenvalue weighted by atomic mass is 10.1. The van der Waals surface area contributed by atoms with Crippen LogP contribution in [0.1, 0.15) is 28.4 Å². The van der Waals surface area contributed by atoms with E-state index in [1.54, 1.807) is 6.92 Å². The Labute approximate surface area is 177 Å². The van der Waals surface area contributed by atoms with Crippen LogP contribution in [0, 0.1) is 0 Å². The number of carbonyl (C=O) groups is 1. The number of nitrogens with one attached hydrogen (secondary N) is 1. The number of ether oxygens (including phenoxy) is 1. The van der Waals surface area contributed by atoms with E-state index in [1.807, 2.05) is 54.6 Å². The molecule has 6 heteroatoms. The van der Waals surface area contributed by atoms with Crippen molar-refractivity contribution in [1.82, 2.24) is 5.32 Å². The van der Waals surface area contributed by atoms with E-state index in [0.717, 1.165) is 16.9 Å². The van der Waals surface area contributed by atoms with Gasteiger partial charge in [0.05, 0.1) is 10.6 Å². The molecule has 0 aromatic heterocycles. The Kier molecular flexibility index (Phi) is 7.25. The quantitative estimate of drug-likeness (QED) is 0.564. The van der Waals surface area contributed by atoms with Gasteiger partial charge < -0.3 is 10.1 Å². The van der Waals surface area contributed by atoms with Crippen LogP contribution in [0.25, 0.3) is 0 Å². The van der Waals surface area contributed by atoms with Gasteiger partial charge in [-0.3, -0.25) is 4.79 Å². The van der Waals surface area contributed by atoms with Gasteiger partial charge in [-0.05, 0) is 53.9 Å². The van der Waals surface area contributed by atoms with E-state index in [0.29, 0.717) is 25.1 Å². The Hall–Kier alpha value is -3.12. The van der Waals surface area contributed by atoms with Crippen LogP contribution >= 0.6 is 0 Å². The summed E-state index contributed by atoms with van der Waals surface area (Å²) in [5, 5.41) is 2.86. The van der Waals surface area contributed by atoms with Gasteiger partial charge in [-0.15, -0.1) is 0 Å². The Morgan fingerprint density at radius 3 is 2.17 bits per heavy atom. The largest absolute Gasteiger partial charge is 0.489 e. The van der Waals surface area contributed by atoms with Gasteiger partial charge in [-0.2, -0.15) is 0 Å². The van der Waals surface area contributed by atoms with Crippen LogP contribution in [0.4, 0.5) is 0 Å². The molecule has 156 valence electrons. The van der Waals surface area contributed by atoms with Crippen LogP contribution in [0.5, 0.6) is 5.75 Å². The topological polar surface area (TPSA) is 72.5 Å². The summed E-state index contributed by atoms with van der Waals surface area (Å²) in [5.41, 5.74) is 2.64. The molecule has 0 radical (unpaired) electrons. The molecule has 0 fully saturated rings. The van der Waals surface area contributed by atoms with E-state index in [-0.39, 0.29) is 16.6 Å². The van der Waals surface area contributed by atoms with Gasteiger partial charge in [0.25, 0.3) is 5.91 Å². The van der Waals surface area contributed by atoms with Crippen molar-refractivity contribution in [2.45, 2.75) is 24.8 Å². The highest BCUT2D eigenvalue weighted by Gasteiger charge is 2.12. The molecular weight excluding hydrogens is 398 g/mol. The number of sulfone groups is 1. The predicted octanol–water partition coefficient (Wildman–Crippen LogP) is 4.03. The first kappa shape index (κ1) is 21.6. The lowest BCUT2D eigenvalue weighted by molar-refractivity contribution is 0.0954. The van der Waals surface area contributed by atoms with Crippen molar-refractivity contribution in [1.29, 1.82) is 0 Å². The Balaban J connectivity index is 1.46. The zero-order valence-electron chi connectivity index (χ0n) is 16.9. The third kappa shape index (κ3) is 5.94. The highest BCUT2D eigenvalue weighted by atomic mass is 32.2. The maximum absolute atomic E-state index is 12.3. The van der Waals surface area contributed by atoms with Crippen molar-refractivity contribution < 1.29 is 17.9 Å². The highest BCUT2D eigenvalue weighted by molar-refractivity contribution is 7.91.